The highest BCUT2D eigenvalue weighted by atomic mass is 79.9. The van der Waals surface area contributed by atoms with Crippen molar-refractivity contribution in [2.75, 3.05) is 0 Å². The van der Waals surface area contributed by atoms with Crippen molar-refractivity contribution in [3.05, 3.63) is 0 Å². The summed E-state index contributed by atoms with van der Waals surface area (Å²) >= 11 is 6.27. The van der Waals surface area contributed by atoms with Gasteiger partial charge >= 0.3 is 0 Å². The molecule has 0 saturated heterocycles. The Kier molecular flexibility index (Phi) is 12.2. The minimum Gasteiger partial charge on any atom is -0.334 e. The average Bonchev–Trinajstić information content (AvgIpc) is 2.21. The van der Waals surface area contributed by atoms with Gasteiger partial charge in [0.05, 0.1) is 4.95 Å². The molecule has 1 atom stereocenters. The maximum Gasteiger partial charge on any atom is 0.288 e. The molecular formula is C12H23Br2NO. The fraction of sp³-hybridized carbons (Fsp3) is 0.917. The maximum absolute atomic E-state index is 10.7. The van der Waals surface area contributed by atoms with E-state index in [0.717, 1.165) is 6.42 Å². The first-order valence-corrected chi connectivity index (χ1v) is 7.97. The van der Waals surface area contributed by atoms with E-state index in [-0.39, 0.29) is 9.77 Å². The van der Waals surface area contributed by atoms with Crippen molar-refractivity contribution in [3.8, 4) is 0 Å². The molecule has 0 aliphatic rings. The third kappa shape index (κ3) is 12.5. The highest BCUT2D eigenvalue weighted by Gasteiger charge is 2.04. The van der Waals surface area contributed by atoms with Crippen LogP contribution in [0.2, 0.25) is 0 Å². The Bertz CT molecular complexity index is 176. The molecule has 0 spiro atoms. The molecule has 1 N–H and O–H groups in total. The topological polar surface area (TPSA) is 29.1 Å². The number of carbonyl (C=O) groups excluding carboxylic acids is 1. The molecule has 1 unspecified atom stereocenters. The first kappa shape index (κ1) is 16.4. The summed E-state index contributed by atoms with van der Waals surface area (Å²) in [5.41, 5.74) is 0. The van der Waals surface area contributed by atoms with E-state index in [1.165, 1.54) is 51.4 Å². The first-order chi connectivity index (χ1) is 7.66. The summed E-state index contributed by atoms with van der Waals surface area (Å²) in [6.07, 6.45) is 11.6. The van der Waals surface area contributed by atoms with E-state index < -0.39 is 0 Å². The zero-order valence-corrected chi connectivity index (χ0v) is 13.3. The van der Waals surface area contributed by atoms with Gasteiger partial charge in [-0.1, -0.05) is 74.2 Å². The fourth-order valence-corrected chi connectivity index (χ4v) is 2.77. The van der Waals surface area contributed by atoms with Crippen molar-refractivity contribution in [2.45, 2.75) is 69.7 Å². The van der Waals surface area contributed by atoms with Crippen LogP contribution >= 0.6 is 31.9 Å². The van der Waals surface area contributed by atoms with E-state index in [2.05, 4.69) is 44.1 Å². The van der Waals surface area contributed by atoms with Gasteiger partial charge in [-0.25, -0.2) is 0 Å². The molecule has 0 aromatic heterocycles. The molecule has 0 aliphatic heterocycles. The fourth-order valence-electron chi connectivity index (χ4n) is 1.65. The van der Waals surface area contributed by atoms with Crippen LogP contribution in [-0.4, -0.2) is 9.77 Å². The highest BCUT2D eigenvalue weighted by molar-refractivity contribution is 9.18. The number of unbranched alkanes of at least 4 members (excludes halogenated alkanes) is 7. The van der Waals surface area contributed by atoms with Crippen molar-refractivity contribution >= 4 is 36.7 Å². The maximum atomic E-state index is 10.7. The van der Waals surface area contributed by atoms with Crippen molar-refractivity contribution in [1.82, 2.24) is 5.32 Å². The smallest absolute Gasteiger partial charge is 0.288 e. The molecule has 96 valence electrons. The zero-order chi connectivity index (χ0) is 12.2. The van der Waals surface area contributed by atoms with Gasteiger partial charge in [-0.05, 0) is 6.42 Å². The van der Waals surface area contributed by atoms with E-state index in [1.807, 2.05) is 0 Å². The molecule has 0 aromatic rings. The molecule has 0 aliphatic carbocycles. The summed E-state index contributed by atoms with van der Waals surface area (Å²) < 4.78 is 0. The van der Waals surface area contributed by atoms with Gasteiger partial charge in [0.1, 0.15) is 0 Å². The predicted octanol–water partition coefficient (Wildman–Crippen LogP) is 5.34. The van der Waals surface area contributed by atoms with Gasteiger partial charge in [-0.3, -0.25) is 4.79 Å². The van der Waals surface area contributed by atoms with Crippen LogP contribution in [0.3, 0.4) is 0 Å². The van der Waals surface area contributed by atoms with Crippen LogP contribution in [0, 0.1) is 0 Å². The van der Waals surface area contributed by atoms with Crippen LogP contribution in [-0.2, 0) is 0 Å². The molecular weight excluding hydrogens is 334 g/mol. The predicted molar refractivity (Wildman–Crippen MR) is 77.4 cm³/mol. The second kappa shape index (κ2) is 11.9. The lowest BCUT2D eigenvalue weighted by molar-refractivity contribution is 0.261. The lowest BCUT2D eigenvalue weighted by Crippen LogP contribution is -2.24. The number of amides is 1. The number of rotatable bonds is 10. The summed E-state index contributed by atoms with van der Waals surface area (Å²) in [6.45, 7) is 2.24. The van der Waals surface area contributed by atoms with Crippen molar-refractivity contribution in [1.29, 1.82) is 0 Å². The van der Waals surface area contributed by atoms with Crippen LogP contribution in [0.5, 0.6) is 0 Å². The van der Waals surface area contributed by atoms with Gasteiger partial charge in [-0.2, -0.15) is 0 Å². The Morgan fingerprint density at radius 1 is 1.06 bits per heavy atom. The van der Waals surface area contributed by atoms with Crippen molar-refractivity contribution in [2.24, 2.45) is 0 Å². The van der Waals surface area contributed by atoms with E-state index in [4.69, 9.17) is 0 Å². The van der Waals surface area contributed by atoms with Crippen LogP contribution in [0.1, 0.15) is 64.7 Å². The number of alkyl halides is 1. The average molecular weight is 357 g/mol. The Morgan fingerprint density at radius 2 is 1.56 bits per heavy atom. The summed E-state index contributed by atoms with van der Waals surface area (Å²) in [6, 6.07) is 0. The summed E-state index contributed by atoms with van der Waals surface area (Å²) in [4.78, 5) is 10.6. The summed E-state index contributed by atoms with van der Waals surface area (Å²) in [7, 11) is 0. The molecule has 0 bridgehead atoms. The lowest BCUT2D eigenvalue weighted by atomic mass is 10.1. The van der Waals surface area contributed by atoms with Crippen molar-refractivity contribution < 1.29 is 4.79 Å². The molecule has 16 heavy (non-hydrogen) atoms. The van der Waals surface area contributed by atoms with Gasteiger partial charge in [0.2, 0.25) is 0 Å². The molecule has 0 rings (SSSR count). The number of hydrogen-bond donors (Lipinski definition) is 1. The van der Waals surface area contributed by atoms with E-state index in [9.17, 15) is 4.79 Å². The molecule has 1 amide bonds. The molecule has 0 heterocycles. The zero-order valence-electron chi connectivity index (χ0n) is 10.1. The Labute approximate surface area is 116 Å². The highest BCUT2D eigenvalue weighted by Crippen LogP contribution is 2.12. The van der Waals surface area contributed by atoms with Gasteiger partial charge < -0.3 is 5.32 Å². The molecule has 0 radical (unpaired) electrons. The minimum atomic E-state index is -0.144. The van der Waals surface area contributed by atoms with Gasteiger partial charge in [0.25, 0.3) is 4.82 Å². The van der Waals surface area contributed by atoms with E-state index in [0.29, 0.717) is 0 Å². The van der Waals surface area contributed by atoms with Crippen LogP contribution in [0.4, 0.5) is 4.79 Å². The Hall–Kier alpha value is 0.430. The molecule has 0 aromatic carbocycles. The SMILES string of the molecule is CCCCCCCCCCC(Br)NC(=O)Br. The number of nitrogens with one attached hydrogen (secondary N) is 1. The quantitative estimate of drug-likeness (QED) is 0.243. The molecule has 0 fully saturated rings. The summed E-state index contributed by atoms with van der Waals surface area (Å²) in [5, 5.41) is 2.76. The number of halogens is 2. The minimum absolute atomic E-state index is 0.111. The van der Waals surface area contributed by atoms with Crippen molar-refractivity contribution in [3.63, 3.8) is 0 Å². The first-order valence-electron chi connectivity index (χ1n) is 6.27. The number of hydrogen-bond acceptors (Lipinski definition) is 1. The molecule has 4 heteroatoms. The Balaban J connectivity index is 3.11. The lowest BCUT2D eigenvalue weighted by Gasteiger charge is -2.09. The van der Waals surface area contributed by atoms with Crippen LogP contribution < -0.4 is 5.32 Å². The van der Waals surface area contributed by atoms with Crippen LogP contribution in [0.15, 0.2) is 0 Å². The molecule has 0 saturated carbocycles. The molecule has 2 nitrogen and oxygen atoms in total. The largest absolute Gasteiger partial charge is 0.334 e. The number of carbonyl (C=O) groups is 1. The van der Waals surface area contributed by atoms with Gasteiger partial charge in [-0.15, -0.1) is 0 Å². The van der Waals surface area contributed by atoms with E-state index in [1.54, 1.807) is 0 Å². The monoisotopic (exact) mass is 355 g/mol. The second-order valence-electron chi connectivity index (χ2n) is 4.15. The Morgan fingerprint density at radius 3 is 2.06 bits per heavy atom. The van der Waals surface area contributed by atoms with Gasteiger partial charge in [0.15, 0.2) is 0 Å². The third-order valence-corrected chi connectivity index (χ3v) is 3.50. The van der Waals surface area contributed by atoms with E-state index >= 15 is 0 Å². The summed E-state index contributed by atoms with van der Waals surface area (Å²) in [5.74, 6) is 0. The third-order valence-electron chi connectivity index (χ3n) is 2.58. The van der Waals surface area contributed by atoms with Crippen LogP contribution in [0.25, 0.3) is 0 Å². The van der Waals surface area contributed by atoms with Gasteiger partial charge in [0, 0.05) is 15.9 Å². The second-order valence-corrected chi connectivity index (χ2v) is 5.97. The normalized spacial score (nSPS) is 12.4. The standard InChI is InChI=1S/C12H23Br2NO/c1-2-3-4-5-6-7-8-9-10-11(13)15-12(14)16/h11H,2-10H2,1H3,(H,15,16).